The van der Waals surface area contributed by atoms with Gasteiger partial charge >= 0.3 is 5.97 Å². The molecule has 2 N–H and O–H groups in total. The number of nitro benzene ring substituents is 1. The summed E-state index contributed by atoms with van der Waals surface area (Å²) in [4.78, 5) is 20.2. The van der Waals surface area contributed by atoms with E-state index in [9.17, 15) is 23.3 Å². The van der Waals surface area contributed by atoms with Gasteiger partial charge in [0.1, 0.15) is 0 Å². The Balaban J connectivity index is 2.90. The molecule has 110 valence electrons. The van der Waals surface area contributed by atoms with Crippen LogP contribution in [0.1, 0.15) is 18.4 Å². The van der Waals surface area contributed by atoms with E-state index in [2.05, 4.69) is 4.72 Å². The Morgan fingerprint density at radius 2 is 2.10 bits per heavy atom. The number of benzene rings is 1. The molecule has 0 aliphatic heterocycles. The molecule has 0 radical (unpaired) electrons. The summed E-state index contributed by atoms with van der Waals surface area (Å²) < 4.78 is 26.2. The molecule has 1 rings (SSSR count). The predicted octanol–water partition coefficient (Wildman–Crippen LogP) is 1.05. The topological polar surface area (TPSA) is 127 Å². The van der Waals surface area contributed by atoms with E-state index in [0.29, 0.717) is 0 Å². The molecular weight excluding hydrogens is 288 g/mol. The van der Waals surface area contributed by atoms with Gasteiger partial charge in [0.2, 0.25) is 10.0 Å². The summed E-state index contributed by atoms with van der Waals surface area (Å²) in [5, 5.41) is 19.2. The fourth-order valence-corrected chi connectivity index (χ4v) is 2.95. The number of nitrogens with one attached hydrogen (secondary N) is 1. The van der Waals surface area contributed by atoms with Crippen LogP contribution in [-0.4, -0.2) is 31.0 Å². The summed E-state index contributed by atoms with van der Waals surface area (Å²) >= 11 is 0. The lowest BCUT2D eigenvalue weighted by atomic mass is 10.2. The van der Waals surface area contributed by atoms with Crippen LogP contribution in [0.25, 0.3) is 0 Å². The van der Waals surface area contributed by atoms with Crippen LogP contribution >= 0.6 is 0 Å². The Morgan fingerprint density at radius 3 is 2.65 bits per heavy atom. The fourth-order valence-electron chi connectivity index (χ4n) is 1.62. The number of nitro groups is 1. The highest BCUT2D eigenvalue weighted by Crippen LogP contribution is 2.24. The third-order valence-electron chi connectivity index (χ3n) is 2.60. The van der Waals surface area contributed by atoms with Crippen LogP contribution in [-0.2, 0) is 14.8 Å². The molecule has 0 aromatic heterocycles. The number of carboxylic acid groups (broad SMARTS) is 1. The molecule has 0 unspecified atom stereocenters. The van der Waals surface area contributed by atoms with Crippen molar-refractivity contribution < 1.29 is 23.2 Å². The van der Waals surface area contributed by atoms with Gasteiger partial charge in [0.15, 0.2) is 0 Å². The molecule has 0 heterocycles. The maximum atomic E-state index is 12.0. The smallest absolute Gasteiger partial charge is 0.303 e. The summed E-state index contributed by atoms with van der Waals surface area (Å²) in [5.41, 5.74) is -0.235. The molecule has 0 atom stereocenters. The molecule has 0 saturated carbocycles. The number of nitrogens with zero attached hydrogens (tertiary/aromatic N) is 1. The van der Waals surface area contributed by atoms with E-state index in [-0.39, 0.29) is 35.5 Å². The van der Waals surface area contributed by atoms with Crippen LogP contribution in [0, 0.1) is 17.0 Å². The minimum atomic E-state index is -3.89. The standard InChI is InChI=1S/C11H14N2O6S/c1-8-9(13(16)17)4-2-5-10(8)20(18,19)12-7-3-6-11(14)15/h2,4-5,12H,3,6-7H2,1H3,(H,14,15). The van der Waals surface area contributed by atoms with Crippen molar-refractivity contribution in [2.24, 2.45) is 0 Å². The first kappa shape index (κ1) is 16.1. The number of aliphatic carboxylic acids is 1. The molecule has 0 aliphatic rings. The first-order chi connectivity index (χ1) is 9.25. The number of sulfonamides is 1. The largest absolute Gasteiger partial charge is 0.481 e. The van der Waals surface area contributed by atoms with Gasteiger partial charge < -0.3 is 5.11 Å². The van der Waals surface area contributed by atoms with E-state index in [1.165, 1.54) is 25.1 Å². The highest BCUT2D eigenvalue weighted by atomic mass is 32.2. The summed E-state index contributed by atoms with van der Waals surface area (Å²) in [6.45, 7) is 1.31. The Morgan fingerprint density at radius 1 is 1.45 bits per heavy atom. The van der Waals surface area contributed by atoms with E-state index in [1.807, 2.05) is 0 Å². The Kier molecular flexibility index (Phi) is 5.17. The van der Waals surface area contributed by atoms with Crippen LogP contribution in [0.5, 0.6) is 0 Å². The number of carboxylic acids is 1. The van der Waals surface area contributed by atoms with Gasteiger partial charge in [-0.1, -0.05) is 6.07 Å². The lowest BCUT2D eigenvalue weighted by Gasteiger charge is -2.08. The van der Waals surface area contributed by atoms with Crippen molar-refractivity contribution in [3.8, 4) is 0 Å². The van der Waals surface area contributed by atoms with E-state index in [4.69, 9.17) is 5.11 Å². The Labute approximate surface area is 115 Å². The van der Waals surface area contributed by atoms with E-state index in [0.717, 1.165) is 0 Å². The monoisotopic (exact) mass is 302 g/mol. The minimum absolute atomic E-state index is 0.0447. The zero-order valence-corrected chi connectivity index (χ0v) is 11.5. The van der Waals surface area contributed by atoms with Crippen molar-refractivity contribution in [3.05, 3.63) is 33.9 Å². The lowest BCUT2D eigenvalue weighted by molar-refractivity contribution is -0.385. The molecule has 0 bridgehead atoms. The number of hydrogen-bond acceptors (Lipinski definition) is 5. The van der Waals surface area contributed by atoms with Gasteiger partial charge in [-0.25, -0.2) is 13.1 Å². The zero-order valence-electron chi connectivity index (χ0n) is 10.7. The van der Waals surface area contributed by atoms with E-state index >= 15 is 0 Å². The van der Waals surface area contributed by atoms with Gasteiger partial charge in [0, 0.05) is 24.6 Å². The van der Waals surface area contributed by atoms with Gasteiger partial charge in [-0.2, -0.15) is 0 Å². The minimum Gasteiger partial charge on any atom is -0.481 e. The molecule has 0 amide bonds. The zero-order chi connectivity index (χ0) is 15.3. The third kappa shape index (κ3) is 4.00. The van der Waals surface area contributed by atoms with Crippen molar-refractivity contribution in [2.75, 3.05) is 6.54 Å². The van der Waals surface area contributed by atoms with E-state index < -0.39 is 20.9 Å². The first-order valence-corrected chi connectivity index (χ1v) is 7.19. The van der Waals surface area contributed by atoms with Gasteiger partial charge in [-0.3, -0.25) is 14.9 Å². The summed E-state index contributed by atoms with van der Waals surface area (Å²) in [5.74, 6) is -1.02. The second kappa shape index (κ2) is 6.44. The lowest BCUT2D eigenvalue weighted by Crippen LogP contribution is -2.26. The molecular formula is C11H14N2O6S. The van der Waals surface area contributed by atoms with Crippen molar-refractivity contribution >= 4 is 21.7 Å². The van der Waals surface area contributed by atoms with Crippen molar-refractivity contribution in [2.45, 2.75) is 24.7 Å². The average Bonchev–Trinajstić information content (AvgIpc) is 2.34. The molecule has 1 aromatic rings. The third-order valence-corrected chi connectivity index (χ3v) is 4.21. The van der Waals surface area contributed by atoms with Crippen molar-refractivity contribution in [1.82, 2.24) is 4.72 Å². The molecule has 9 heteroatoms. The highest BCUT2D eigenvalue weighted by molar-refractivity contribution is 7.89. The molecule has 8 nitrogen and oxygen atoms in total. The van der Waals surface area contributed by atoms with Gasteiger partial charge in [0.05, 0.1) is 9.82 Å². The Bertz CT molecular complexity index is 626. The summed E-state index contributed by atoms with van der Waals surface area (Å²) in [6.07, 6.45) is -0.0149. The maximum absolute atomic E-state index is 12.0. The van der Waals surface area contributed by atoms with Gasteiger partial charge in [-0.05, 0) is 19.4 Å². The molecule has 1 aromatic carbocycles. The number of rotatable bonds is 7. The number of hydrogen-bond donors (Lipinski definition) is 2. The maximum Gasteiger partial charge on any atom is 0.303 e. The van der Waals surface area contributed by atoms with Crippen molar-refractivity contribution in [3.63, 3.8) is 0 Å². The van der Waals surface area contributed by atoms with Crippen LogP contribution in [0.2, 0.25) is 0 Å². The van der Waals surface area contributed by atoms with Crippen LogP contribution in [0.3, 0.4) is 0 Å². The van der Waals surface area contributed by atoms with Gasteiger partial charge in [0.25, 0.3) is 5.69 Å². The normalized spacial score (nSPS) is 11.2. The second-order valence-electron chi connectivity index (χ2n) is 4.05. The van der Waals surface area contributed by atoms with Crippen LogP contribution in [0.4, 0.5) is 5.69 Å². The summed E-state index contributed by atoms with van der Waals surface area (Å²) in [6, 6.07) is 3.78. The van der Waals surface area contributed by atoms with Crippen LogP contribution < -0.4 is 4.72 Å². The Hall–Kier alpha value is -2.00. The van der Waals surface area contributed by atoms with Gasteiger partial charge in [-0.15, -0.1) is 0 Å². The molecule has 20 heavy (non-hydrogen) atoms. The SMILES string of the molecule is Cc1c([N+](=O)[O-])cccc1S(=O)(=O)NCCCC(=O)O. The average molecular weight is 302 g/mol. The second-order valence-corrected chi connectivity index (χ2v) is 5.79. The van der Waals surface area contributed by atoms with E-state index in [1.54, 1.807) is 0 Å². The summed E-state index contributed by atoms with van der Waals surface area (Å²) in [7, 11) is -3.89. The highest BCUT2D eigenvalue weighted by Gasteiger charge is 2.22. The molecule has 0 fully saturated rings. The number of carbonyl (C=O) groups is 1. The van der Waals surface area contributed by atoms with Crippen molar-refractivity contribution in [1.29, 1.82) is 0 Å². The first-order valence-electron chi connectivity index (χ1n) is 5.71. The predicted molar refractivity (Wildman–Crippen MR) is 69.9 cm³/mol. The fraction of sp³-hybridized carbons (Fsp3) is 0.364. The molecule has 0 aliphatic carbocycles. The molecule has 0 saturated heterocycles. The quantitative estimate of drug-likeness (QED) is 0.440. The van der Waals surface area contributed by atoms with Crippen LogP contribution in [0.15, 0.2) is 23.1 Å². The molecule has 0 spiro atoms.